The van der Waals surface area contributed by atoms with Gasteiger partial charge in [0.2, 0.25) is 0 Å². The second-order valence-corrected chi connectivity index (χ2v) is 13.3. The number of rotatable bonds is 10. The Labute approximate surface area is 116 Å². The predicted molar refractivity (Wildman–Crippen MR) is 84.4 cm³/mol. The van der Waals surface area contributed by atoms with Crippen LogP contribution in [0.3, 0.4) is 0 Å². The lowest BCUT2D eigenvalue weighted by molar-refractivity contribution is 0.151. The zero-order valence-corrected chi connectivity index (χ0v) is 15.5. The van der Waals surface area contributed by atoms with E-state index in [0.29, 0.717) is 0 Å². The summed E-state index contributed by atoms with van der Waals surface area (Å²) in [6.45, 7) is 18.2. The van der Waals surface area contributed by atoms with Crippen LogP contribution in [0.4, 0.5) is 0 Å². The van der Waals surface area contributed by atoms with E-state index in [0.717, 1.165) is 19.8 Å². The Bertz CT molecular complexity index is 209. The summed E-state index contributed by atoms with van der Waals surface area (Å²) in [7, 11) is -3.59. The lowest BCUT2D eigenvalue weighted by Gasteiger charge is -2.48. The SMILES string of the molecule is CCO[Si](C)(OCC)N(CC)[Si](CC)(CC)CC. The molecule has 18 heavy (non-hydrogen) atoms. The van der Waals surface area contributed by atoms with Crippen LogP contribution in [0.15, 0.2) is 0 Å². The highest BCUT2D eigenvalue weighted by Crippen LogP contribution is 2.30. The molecule has 0 aromatic rings. The highest BCUT2D eigenvalue weighted by Gasteiger charge is 2.48. The molecular formula is C13H33NO2Si2. The van der Waals surface area contributed by atoms with Crippen molar-refractivity contribution in [2.45, 2.75) is 66.2 Å². The standard InChI is InChI=1S/C13H33NO2Si2/c1-8-14(18(11-4,12-5)13-6)17(7,15-9-2)16-10-3/h8-13H2,1-7H3. The zero-order valence-electron chi connectivity index (χ0n) is 13.5. The van der Waals surface area contributed by atoms with E-state index in [2.05, 4.69) is 52.3 Å². The van der Waals surface area contributed by atoms with E-state index in [1.165, 1.54) is 18.1 Å². The first-order chi connectivity index (χ1) is 8.50. The Hall–Kier alpha value is 0.314. The van der Waals surface area contributed by atoms with E-state index < -0.39 is 17.0 Å². The van der Waals surface area contributed by atoms with E-state index in [-0.39, 0.29) is 0 Å². The van der Waals surface area contributed by atoms with Gasteiger partial charge in [0.1, 0.15) is 8.24 Å². The first-order valence-corrected chi connectivity index (χ1v) is 12.4. The molecule has 0 rings (SSSR count). The summed E-state index contributed by atoms with van der Waals surface area (Å²) >= 11 is 0. The lowest BCUT2D eigenvalue weighted by Crippen LogP contribution is -2.67. The monoisotopic (exact) mass is 291 g/mol. The first-order valence-electron chi connectivity index (χ1n) is 7.55. The van der Waals surface area contributed by atoms with Crippen molar-refractivity contribution in [2.75, 3.05) is 19.8 Å². The van der Waals surface area contributed by atoms with Gasteiger partial charge in [-0.3, -0.25) is 0 Å². The lowest BCUT2D eigenvalue weighted by atomic mass is 10.8. The second-order valence-electron chi connectivity index (χ2n) is 4.79. The van der Waals surface area contributed by atoms with Crippen molar-refractivity contribution in [3.8, 4) is 0 Å². The molecule has 3 nitrogen and oxygen atoms in total. The molecule has 0 saturated carbocycles. The van der Waals surface area contributed by atoms with Gasteiger partial charge in [0.05, 0.1) is 0 Å². The quantitative estimate of drug-likeness (QED) is 0.569. The van der Waals surface area contributed by atoms with Crippen LogP contribution in [-0.4, -0.2) is 40.9 Å². The van der Waals surface area contributed by atoms with Gasteiger partial charge < -0.3 is 13.1 Å². The fraction of sp³-hybridized carbons (Fsp3) is 1.00. The van der Waals surface area contributed by atoms with E-state index in [4.69, 9.17) is 8.85 Å². The van der Waals surface area contributed by atoms with Crippen LogP contribution >= 0.6 is 0 Å². The summed E-state index contributed by atoms with van der Waals surface area (Å²) in [6.07, 6.45) is 0. The van der Waals surface area contributed by atoms with Crippen molar-refractivity contribution in [2.24, 2.45) is 0 Å². The summed E-state index contributed by atoms with van der Waals surface area (Å²) in [5.41, 5.74) is 0. The number of hydrogen-bond donors (Lipinski definition) is 0. The second kappa shape index (κ2) is 8.48. The van der Waals surface area contributed by atoms with Gasteiger partial charge in [-0.15, -0.1) is 0 Å². The molecule has 0 aromatic carbocycles. The van der Waals surface area contributed by atoms with Crippen LogP contribution in [0.5, 0.6) is 0 Å². The third-order valence-electron chi connectivity index (χ3n) is 4.18. The van der Waals surface area contributed by atoms with Crippen molar-refractivity contribution in [1.82, 2.24) is 4.23 Å². The largest absolute Gasteiger partial charge is 0.417 e. The Morgan fingerprint density at radius 1 is 0.778 bits per heavy atom. The molecule has 0 N–H and O–H groups in total. The molecule has 0 saturated heterocycles. The number of hydrogen-bond acceptors (Lipinski definition) is 3. The Morgan fingerprint density at radius 2 is 1.17 bits per heavy atom. The summed E-state index contributed by atoms with van der Waals surface area (Å²) < 4.78 is 14.9. The smallest absolute Gasteiger partial charge is 0.383 e. The Morgan fingerprint density at radius 3 is 1.39 bits per heavy atom. The van der Waals surface area contributed by atoms with E-state index in [1.807, 2.05) is 0 Å². The van der Waals surface area contributed by atoms with Crippen molar-refractivity contribution in [3.63, 3.8) is 0 Å². The molecule has 0 radical (unpaired) electrons. The molecule has 0 amide bonds. The summed E-state index contributed by atoms with van der Waals surface area (Å²) in [6, 6.07) is 3.86. The fourth-order valence-corrected chi connectivity index (χ4v) is 13.7. The molecule has 0 bridgehead atoms. The minimum absolute atomic E-state index is 0.751. The maximum absolute atomic E-state index is 6.11. The van der Waals surface area contributed by atoms with E-state index in [9.17, 15) is 0 Å². The van der Waals surface area contributed by atoms with Crippen LogP contribution in [0, 0.1) is 0 Å². The molecule has 5 heteroatoms. The van der Waals surface area contributed by atoms with Gasteiger partial charge in [-0.25, -0.2) is 0 Å². The molecule has 0 aliphatic rings. The Balaban J connectivity index is 5.32. The molecule has 110 valence electrons. The van der Waals surface area contributed by atoms with Crippen molar-refractivity contribution in [3.05, 3.63) is 0 Å². The molecule has 0 atom stereocenters. The molecule has 0 aliphatic heterocycles. The average Bonchev–Trinajstić information content (AvgIpc) is 2.36. The van der Waals surface area contributed by atoms with Crippen LogP contribution < -0.4 is 0 Å². The maximum atomic E-state index is 6.11. The highest BCUT2D eigenvalue weighted by atomic mass is 28.4. The fourth-order valence-electron chi connectivity index (χ4n) is 3.11. The van der Waals surface area contributed by atoms with Crippen molar-refractivity contribution in [1.29, 1.82) is 0 Å². The zero-order chi connectivity index (χ0) is 14.2. The molecule has 0 spiro atoms. The van der Waals surface area contributed by atoms with Gasteiger partial charge in [0.25, 0.3) is 0 Å². The topological polar surface area (TPSA) is 21.7 Å². The van der Waals surface area contributed by atoms with Gasteiger partial charge in [0, 0.05) is 13.2 Å². The minimum atomic E-state index is -2.18. The summed E-state index contributed by atoms with van der Waals surface area (Å²) in [5, 5.41) is 0. The molecular weight excluding hydrogens is 258 g/mol. The van der Waals surface area contributed by atoms with E-state index >= 15 is 0 Å². The van der Waals surface area contributed by atoms with Crippen molar-refractivity contribution < 1.29 is 8.85 Å². The Kier molecular flexibility index (Phi) is 8.63. The van der Waals surface area contributed by atoms with Crippen molar-refractivity contribution >= 4 is 17.0 Å². The number of nitrogens with zero attached hydrogens (tertiary/aromatic N) is 1. The normalized spacial score (nSPS) is 13.3. The van der Waals surface area contributed by atoms with Gasteiger partial charge in [-0.1, -0.05) is 27.7 Å². The van der Waals surface area contributed by atoms with Gasteiger partial charge in [-0.2, -0.15) is 0 Å². The summed E-state index contributed by atoms with van der Waals surface area (Å²) in [5.74, 6) is 0. The van der Waals surface area contributed by atoms with Crippen LogP contribution in [0.1, 0.15) is 41.5 Å². The van der Waals surface area contributed by atoms with Gasteiger partial charge >= 0.3 is 8.72 Å². The molecule has 0 fully saturated rings. The van der Waals surface area contributed by atoms with Crippen LogP contribution in [-0.2, 0) is 8.85 Å². The van der Waals surface area contributed by atoms with Gasteiger partial charge in [-0.05, 0) is 45.1 Å². The molecule has 0 aromatic heterocycles. The average molecular weight is 292 g/mol. The molecule has 0 unspecified atom stereocenters. The molecule has 0 aliphatic carbocycles. The highest BCUT2D eigenvalue weighted by molar-refractivity contribution is 6.87. The maximum Gasteiger partial charge on any atom is 0.417 e. The van der Waals surface area contributed by atoms with Gasteiger partial charge in [0.15, 0.2) is 0 Å². The van der Waals surface area contributed by atoms with Crippen LogP contribution in [0.25, 0.3) is 0 Å². The van der Waals surface area contributed by atoms with Crippen LogP contribution in [0.2, 0.25) is 24.7 Å². The first kappa shape index (κ1) is 18.3. The molecule has 0 heterocycles. The van der Waals surface area contributed by atoms with E-state index in [1.54, 1.807) is 0 Å². The third-order valence-corrected chi connectivity index (χ3v) is 15.2. The summed E-state index contributed by atoms with van der Waals surface area (Å²) in [4.78, 5) is 0. The predicted octanol–water partition coefficient (Wildman–Crippen LogP) is 3.96. The third kappa shape index (κ3) is 3.90. The minimum Gasteiger partial charge on any atom is -0.383 e.